The molecule has 0 aliphatic rings. The fourth-order valence-corrected chi connectivity index (χ4v) is 4.56. The van der Waals surface area contributed by atoms with Crippen molar-refractivity contribution in [2.75, 3.05) is 11.1 Å². The van der Waals surface area contributed by atoms with Crippen molar-refractivity contribution in [1.29, 1.82) is 0 Å². The molecule has 7 heteroatoms. The van der Waals surface area contributed by atoms with Crippen LogP contribution in [0.15, 0.2) is 88.5 Å². The molecule has 4 aromatic rings. The Hall–Kier alpha value is -2.90. The zero-order valence-corrected chi connectivity index (χ0v) is 19.4. The molecule has 1 N–H and O–H groups in total. The number of anilines is 1. The number of para-hydroxylation sites is 1. The van der Waals surface area contributed by atoms with Crippen molar-refractivity contribution < 1.29 is 4.79 Å². The van der Waals surface area contributed by atoms with E-state index in [-0.39, 0.29) is 11.7 Å². The van der Waals surface area contributed by atoms with Gasteiger partial charge in [-0.2, -0.15) is 0 Å². The SMILES string of the molecule is CCn1c(SCC(=O)Nc2ccccc2-c2ccccc2)nnc1-c1ccccc1Br. The lowest BCUT2D eigenvalue weighted by molar-refractivity contribution is -0.113. The lowest BCUT2D eigenvalue weighted by Crippen LogP contribution is -2.15. The minimum absolute atomic E-state index is 0.0820. The van der Waals surface area contributed by atoms with E-state index in [1.165, 1.54) is 11.8 Å². The quantitative estimate of drug-likeness (QED) is 0.315. The van der Waals surface area contributed by atoms with Gasteiger partial charge in [-0.05, 0) is 24.6 Å². The van der Waals surface area contributed by atoms with Crippen LogP contribution in [-0.2, 0) is 11.3 Å². The van der Waals surface area contributed by atoms with Crippen LogP contribution in [0.5, 0.6) is 0 Å². The number of hydrogen-bond donors (Lipinski definition) is 1. The molecule has 1 aromatic heterocycles. The molecule has 0 saturated heterocycles. The Labute approximate surface area is 194 Å². The van der Waals surface area contributed by atoms with E-state index < -0.39 is 0 Å². The van der Waals surface area contributed by atoms with Crippen LogP contribution >= 0.6 is 27.7 Å². The number of halogens is 1. The Morgan fingerprint density at radius 3 is 2.35 bits per heavy atom. The summed E-state index contributed by atoms with van der Waals surface area (Å²) in [5.41, 5.74) is 3.83. The zero-order valence-electron chi connectivity index (χ0n) is 17.0. The molecule has 0 atom stereocenters. The van der Waals surface area contributed by atoms with E-state index in [9.17, 15) is 4.79 Å². The largest absolute Gasteiger partial charge is 0.325 e. The maximum absolute atomic E-state index is 12.7. The van der Waals surface area contributed by atoms with E-state index in [1.54, 1.807) is 0 Å². The number of benzene rings is 3. The lowest BCUT2D eigenvalue weighted by Gasteiger charge is -2.11. The molecule has 5 nitrogen and oxygen atoms in total. The van der Waals surface area contributed by atoms with Gasteiger partial charge in [0.25, 0.3) is 0 Å². The van der Waals surface area contributed by atoms with Crippen molar-refractivity contribution in [3.8, 4) is 22.5 Å². The number of carbonyl (C=O) groups is 1. The third-order valence-corrected chi connectivity index (χ3v) is 6.42. The normalized spacial score (nSPS) is 10.8. The molecule has 3 aromatic carbocycles. The van der Waals surface area contributed by atoms with E-state index in [0.717, 1.165) is 37.8 Å². The smallest absolute Gasteiger partial charge is 0.234 e. The molecule has 0 saturated carbocycles. The number of amides is 1. The van der Waals surface area contributed by atoms with Gasteiger partial charge in [-0.15, -0.1) is 10.2 Å². The van der Waals surface area contributed by atoms with E-state index in [2.05, 4.69) is 31.4 Å². The average Bonchev–Trinajstić information content (AvgIpc) is 3.21. The summed E-state index contributed by atoms with van der Waals surface area (Å²) in [6.07, 6.45) is 0. The van der Waals surface area contributed by atoms with Gasteiger partial charge >= 0.3 is 0 Å². The highest BCUT2D eigenvalue weighted by molar-refractivity contribution is 9.10. The molecule has 156 valence electrons. The number of nitrogens with one attached hydrogen (secondary N) is 1. The average molecular weight is 493 g/mol. The maximum atomic E-state index is 12.7. The summed E-state index contributed by atoms with van der Waals surface area (Å²) >= 11 is 4.96. The molecule has 0 unspecified atom stereocenters. The number of nitrogens with zero attached hydrogens (tertiary/aromatic N) is 3. The Morgan fingerprint density at radius 1 is 0.935 bits per heavy atom. The number of rotatable bonds is 7. The van der Waals surface area contributed by atoms with E-state index in [1.807, 2.05) is 90.4 Å². The molecule has 0 aliphatic carbocycles. The summed E-state index contributed by atoms with van der Waals surface area (Å²) in [6.45, 7) is 2.76. The first kappa shape index (κ1) is 21.3. The summed E-state index contributed by atoms with van der Waals surface area (Å²) in [7, 11) is 0. The molecule has 31 heavy (non-hydrogen) atoms. The zero-order chi connectivity index (χ0) is 21.6. The predicted octanol–water partition coefficient (Wildman–Crippen LogP) is 6.13. The van der Waals surface area contributed by atoms with Gasteiger partial charge in [-0.3, -0.25) is 4.79 Å². The molecule has 0 spiro atoms. The minimum Gasteiger partial charge on any atom is -0.325 e. The second-order valence-electron chi connectivity index (χ2n) is 6.78. The van der Waals surface area contributed by atoms with Crippen LogP contribution in [0.1, 0.15) is 6.92 Å². The molecule has 0 fully saturated rings. The molecule has 0 aliphatic heterocycles. The monoisotopic (exact) mass is 492 g/mol. The van der Waals surface area contributed by atoms with Crippen LogP contribution in [0, 0.1) is 0 Å². The Bertz CT molecular complexity index is 1190. The number of hydrogen-bond acceptors (Lipinski definition) is 4. The number of thioether (sulfide) groups is 1. The van der Waals surface area contributed by atoms with Crippen molar-refractivity contribution in [2.45, 2.75) is 18.6 Å². The maximum Gasteiger partial charge on any atom is 0.234 e. The molecule has 1 heterocycles. The van der Waals surface area contributed by atoms with Gasteiger partial charge < -0.3 is 9.88 Å². The molecule has 0 radical (unpaired) electrons. The summed E-state index contributed by atoms with van der Waals surface area (Å²) in [5.74, 6) is 0.950. The highest BCUT2D eigenvalue weighted by atomic mass is 79.9. The molecule has 0 bridgehead atoms. The topological polar surface area (TPSA) is 59.8 Å². The van der Waals surface area contributed by atoms with Gasteiger partial charge in [0.15, 0.2) is 11.0 Å². The second-order valence-corrected chi connectivity index (χ2v) is 8.58. The summed E-state index contributed by atoms with van der Waals surface area (Å²) in [5, 5.41) is 12.4. The minimum atomic E-state index is -0.0820. The predicted molar refractivity (Wildman–Crippen MR) is 130 cm³/mol. The Balaban J connectivity index is 1.48. The fourth-order valence-electron chi connectivity index (χ4n) is 3.30. The summed E-state index contributed by atoms with van der Waals surface area (Å²) in [4.78, 5) is 12.7. The Morgan fingerprint density at radius 2 is 1.61 bits per heavy atom. The third kappa shape index (κ3) is 4.89. The van der Waals surface area contributed by atoms with Crippen LogP contribution in [0.3, 0.4) is 0 Å². The van der Waals surface area contributed by atoms with Crippen LogP contribution < -0.4 is 5.32 Å². The van der Waals surface area contributed by atoms with Crippen LogP contribution in [0.4, 0.5) is 5.69 Å². The highest BCUT2D eigenvalue weighted by Crippen LogP contribution is 2.30. The van der Waals surface area contributed by atoms with Gasteiger partial charge in [-0.1, -0.05) is 94.4 Å². The standard InChI is InChI=1S/C24H21BrN4OS/c1-2-29-23(19-13-6-8-14-20(19)25)27-28-24(29)31-16-22(30)26-21-15-9-7-12-18(21)17-10-4-3-5-11-17/h3-15H,2,16H2,1H3,(H,26,30). The van der Waals surface area contributed by atoms with Crippen LogP contribution in [0.2, 0.25) is 0 Å². The lowest BCUT2D eigenvalue weighted by atomic mass is 10.0. The highest BCUT2D eigenvalue weighted by Gasteiger charge is 2.16. The van der Waals surface area contributed by atoms with Gasteiger partial charge in [-0.25, -0.2) is 0 Å². The fraction of sp³-hybridized carbons (Fsp3) is 0.125. The molecule has 1 amide bonds. The van der Waals surface area contributed by atoms with Crippen molar-refractivity contribution in [3.63, 3.8) is 0 Å². The van der Waals surface area contributed by atoms with E-state index in [0.29, 0.717) is 6.54 Å². The number of carbonyl (C=O) groups excluding carboxylic acids is 1. The number of aromatic nitrogens is 3. The van der Waals surface area contributed by atoms with Crippen molar-refractivity contribution in [2.24, 2.45) is 0 Å². The van der Waals surface area contributed by atoms with Crippen molar-refractivity contribution in [3.05, 3.63) is 83.3 Å². The Kier molecular flexibility index (Phi) is 6.84. The molecular weight excluding hydrogens is 472 g/mol. The molecule has 4 rings (SSSR count). The summed E-state index contributed by atoms with van der Waals surface area (Å²) in [6, 6.07) is 25.8. The third-order valence-electron chi connectivity index (χ3n) is 4.77. The van der Waals surface area contributed by atoms with Gasteiger partial charge in [0.1, 0.15) is 0 Å². The van der Waals surface area contributed by atoms with Crippen LogP contribution in [-0.4, -0.2) is 26.4 Å². The van der Waals surface area contributed by atoms with Gasteiger partial charge in [0.2, 0.25) is 5.91 Å². The second kappa shape index (κ2) is 9.94. The van der Waals surface area contributed by atoms with Gasteiger partial charge in [0, 0.05) is 27.8 Å². The van der Waals surface area contributed by atoms with E-state index >= 15 is 0 Å². The van der Waals surface area contributed by atoms with Crippen molar-refractivity contribution >= 4 is 39.3 Å². The van der Waals surface area contributed by atoms with Crippen LogP contribution in [0.25, 0.3) is 22.5 Å². The van der Waals surface area contributed by atoms with Gasteiger partial charge in [0.05, 0.1) is 5.75 Å². The molecular formula is C24H21BrN4OS. The van der Waals surface area contributed by atoms with E-state index in [4.69, 9.17) is 0 Å². The first-order valence-corrected chi connectivity index (χ1v) is 11.7. The first-order chi connectivity index (χ1) is 15.2. The summed E-state index contributed by atoms with van der Waals surface area (Å²) < 4.78 is 2.99. The van der Waals surface area contributed by atoms with Crippen molar-refractivity contribution in [1.82, 2.24) is 14.8 Å². The first-order valence-electron chi connectivity index (χ1n) is 9.92.